The van der Waals surface area contributed by atoms with Crippen molar-refractivity contribution >= 4 is 11.6 Å². The van der Waals surface area contributed by atoms with E-state index in [0.717, 1.165) is 43.5 Å². The second-order valence-corrected chi connectivity index (χ2v) is 9.70. The summed E-state index contributed by atoms with van der Waals surface area (Å²) in [4.78, 5) is 5.17. The summed E-state index contributed by atoms with van der Waals surface area (Å²) in [5.41, 5.74) is 3.95. The first-order valence-electron chi connectivity index (χ1n) is 12.0. The van der Waals surface area contributed by atoms with E-state index in [4.69, 9.17) is 16.3 Å². The first-order valence-corrected chi connectivity index (χ1v) is 12.3. The molecule has 2 aromatic rings. The van der Waals surface area contributed by atoms with Gasteiger partial charge in [0.05, 0.1) is 13.2 Å². The highest BCUT2D eigenvalue weighted by molar-refractivity contribution is 6.30. The normalized spacial score (nSPS) is 20.8. The molecule has 4 heteroatoms. The summed E-state index contributed by atoms with van der Waals surface area (Å²) in [6, 6.07) is 19.4. The molecule has 33 heavy (non-hydrogen) atoms. The Balaban J connectivity index is 1.45. The monoisotopic (exact) mass is 462 g/mol. The lowest BCUT2D eigenvalue weighted by molar-refractivity contribution is 0.0987. The number of halogens is 1. The molecule has 0 bridgehead atoms. The molecular formula is C29H35ClN2O. The Morgan fingerprint density at radius 1 is 0.939 bits per heavy atom. The van der Waals surface area contributed by atoms with Crippen molar-refractivity contribution in [1.82, 2.24) is 9.80 Å². The minimum atomic E-state index is 0.246. The van der Waals surface area contributed by atoms with Crippen molar-refractivity contribution in [2.75, 3.05) is 39.8 Å². The predicted molar refractivity (Wildman–Crippen MR) is 138 cm³/mol. The number of piperazine rings is 1. The molecular weight excluding hydrogens is 428 g/mol. The van der Waals surface area contributed by atoms with Gasteiger partial charge in [-0.25, -0.2) is 0 Å². The molecule has 0 aromatic heterocycles. The number of benzene rings is 2. The summed E-state index contributed by atoms with van der Waals surface area (Å²) in [7, 11) is 1.80. The Hall–Kier alpha value is -2.33. The van der Waals surface area contributed by atoms with E-state index < -0.39 is 0 Å². The van der Waals surface area contributed by atoms with Crippen LogP contribution in [0.2, 0.25) is 5.02 Å². The molecule has 2 unspecified atom stereocenters. The van der Waals surface area contributed by atoms with E-state index in [0.29, 0.717) is 5.92 Å². The molecule has 0 amide bonds. The number of hydrogen-bond donors (Lipinski definition) is 0. The minimum absolute atomic E-state index is 0.246. The standard InChI is InChI=1S/C29H35ClN2O/c1-22(2)25-10-7-11-26(28(20-25)33-3)21-31-16-18-32(19-17-31)29(23-8-5-4-6-9-23)24-12-14-27(30)15-13-24/h4-15,20,22,26,29H,16-19,21H2,1-3H3. The van der Waals surface area contributed by atoms with Gasteiger partial charge in [0, 0.05) is 43.7 Å². The van der Waals surface area contributed by atoms with Crippen molar-refractivity contribution in [3.05, 3.63) is 106 Å². The largest absolute Gasteiger partial charge is 0.500 e. The molecule has 1 heterocycles. The van der Waals surface area contributed by atoms with Crippen LogP contribution in [-0.4, -0.2) is 49.6 Å². The molecule has 1 fully saturated rings. The smallest absolute Gasteiger partial charge is 0.104 e. The summed E-state index contributed by atoms with van der Waals surface area (Å²) < 4.78 is 5.81. The third-order valence-corrected chi connectivity index (χ3v) is 6.99. The molecule has 1 aliphatic carbocycles. The summed E-state index contributed by atoms with van der Waals surface area (Å²) in [5, 5.41) is 0.781. The van der Waals surface area contributed by atoms with Crippen LogP contribution < -0.4 is 0 Å². The summed E-state index contributed by atoms with van der Waals surface area (Å²) in [6.45, 7) is 9.59. The van der Waals surface area contributed by atoms with Gasteiger partial charge in [-0.2, -0.15) is 0 Å². The fourth-order valence-electron chi connectivity index (χ4n) is 4.81. The van der Waals surface area contributed by atoms with E-state index >= 15 is 0 Å². The molecule has 2 aliphatic rings. The molecule has 4 rings (SSSR count). The van der Waals surface area contributed by atoms with Gasteiger partial charge >= 0.3 is 0 Å². The van der Waals surface area contributed by atoms with Crippen molar-refractivity contribution in [2.24, 2.45) is 11.8 Å². The molecule has 1 saturated heterocycles. The van der Waals surface area contributed by atoms with E-state index in [1.165, 1.54) is 16.7 Å². The Labute approximate surface area is 204 Å². The quantitative estimate of drug-likeness (QED) is 0.477. The van der Waals surface area contributed by atoms with Gasteiger partial charge in [-0.1, -0.05) is 86.1 Å². The summed E-state index contributed by atoms with van der Waals surface area (Å²) >= 11 is 6.18. The van der Waals surface area contributed by atoms with E-state index in [1.54, 1.807) is 7.11 Å². The summed E-state index contributed by atoms with van der Waals surface area (Å²) in [5.74, 6) is 1.84. The van der Waals surface area contributed by atoms with Crippen LogP contribution in [-0.2, 0) is 4.74 Å². The van der Waals surface area contributed by atoms with Crippen LogP contribution in [0.5, 0.6) is 0 Å². The fraction of sp³-hybridized carbons (Fsp3) is 0.379. The number of rotatable bonds is 7. The lowest BCUT2D eigenvalue weighted by atomic mass is 9.96. The fourth-order valence-corrected chi connectivity index (χ4v) is 4.94. The highest BCUT2D eigenvalue weighted by atomic mass is 35.5. The first-order chi connectivity index (χ1) is 16.0. The van der Waals surface area contributed by atoms with Gasteiger partial charge in [0.25, 0.3) is 0 Å². The Kier molecular flexibility index (Phi) is 8.08. The molecule has 2 atom stereocenters. The van der Waals surface area contributed by atoms with Gasteiger partial charge in [-0.15, -0.1) is 0 Å². The van der Waals surface area contributed by atoms with Gasteiger partial charge in [0.1, 0.15) is 5.76 Å². The average molecular weight is 463 g/mol. The lowest BCUT2D eigenvalue weighted by Gasteiger charge is -2.40. The van der Waals surface area contributed by atoms with Crippen LogP contribution >= 0.6 is 11.6 Å². The molecule has 0 saturated carbocycles. The van der Waals surface area contributed by atoms with Crippen LogP contribution in [0.3, 0.4) is 0 Å². The van der Waals surface area contributed by atoms with E-state index in [9.17, 15) is 0 Å². The lowest BCUT2D eigenvalue weighted by Crippen LogP contribution is -2.49. The second-order valence-electron chi connectivity index (χ2n) is 9.26. The van der Waals surface area contributed by atoms with E-state index in [-0.39, 0.29) is 12.0 Å². The highest BCUT2D eigenvalue weighted by Gasteiger charge is 2.28. The predicted octanol–water partition coefficient (Wildman–Crippen LogP) is 6.35. The van der Waals surface area contributed by atoms with Gasteiger partial charge in [0.15, 0.2) is 0 Å². The number of allylic oxidation sites excluding steroid dienone is 4. The van der Waals surface area contributed by atoms with Crippen LogP contribution in [0.4, 0.5) is 0 Å². The molecule has 3 nitrogen and oxygen atoms in total. The molecule has 174 valence electrons. The van der Waals surface area contributed by atoms with E-state index in [2.05, 4.69) is 90.4 Å². The van der Waals surface area contributed by atoms with Gasteiger partial charge in [0.2, 0.25) is 0 Å². The number of methoxy groups -OCH3 is 1. The molecule has 0 radical (unpaired) electrons. The number of ether oxygens (including phenoxy) is 1. The topological polar surface area (TPSA) is 15.7 Å². The SMILES string of the molecule is COC1=CC(C(C)C)=CC=CC1CN1CCN(C(c2ccccc2)c2ccc(Cl)cc2)CC1. The second kappa shape index (κ2) is 11.2. The molecule has 0 N–H and O–H groups in total. The third kappa shape index (κ3) is 5.97. The van der Waals surface area contributed by atoms with Crippen molar-refractivity contribution in [1.29, 1.82) is 0 Å². The van der Waals surface area contributed by atoms with Crippen LogP contribution in [0.15, 0.2) is 90.2 Å². The van der Waals surface area contributed by atoms with Gasteiger partial charge in [-0.3, -0.25) is 9.80 Å². The van der Waals surface area contributed by atoms with Gasteiger partial charge < -0.3 is 4.74 Å². The van der Waals surface area contributed by atoms with Crippen LogP contribution in [0, 0.1) is 11.8 Å². The Morgan fingerprint density at radius 3 is 2.24 bits per heavy atom. The zero-order valence-corrected chi connectivity index (χ0v) is 20.7. The maximum Gasteiger partial charge on any atom is 0.104 e. The average Bonchev–Trinajstić information content (AvgIpc) is 3.04. The molecule has 2 aromatic carbocycles. The Bertz CT molecular complexity index is 986. The Morgan fingerprint density at radius 2 is 1.61 bits per heavy atom. The maximum absolute atomic E-state index is 6.18. The third-order valence-electron chi connectivity index (χ3n) is 6.74. The van der Waals surface area contributed by atoms with Crippen molar-refractivity contribution in [3.8, 4) is 0 Å². The highest BCUT2D eigenvalue weighted by Crippen LogP contribution is 2.31. The van der Waals surface area contributed by atoms with Crippen molar-refractivity contribution in [3.63, 3.8) is 0 Å². The molecule has 1 aliphatic heterocycles. The summed E-state index contributed by atoms with van der Waals surface area (Å²) in [6.07, 6.45) is 8.94. The van der Waals surface area contributed by atoms with Crippen molar-refractivity contribution in [2.45, 2.75) is 19.9 Å². The zero-order valence-electron chi connectivity index (χ0n) is 20.0. The van der Waals surface area contributed by atoms with Gasteiger partial charge in [-0.05, 0) is 40.8 Å². The number of hydrogen-bond acceptors (Lipinski definition) is 3. The maximum atomic E-state index is 6.18. The minimum Gasteiger partial charge on any atom is -0.500 e. The van der Waals surface area contributed by atoms with Crippen molar-refractivity contribution < 1.29 is 4.74 Å². The van der Waals surface area contributed by atoms with Crippen LogP contribution in [0.1, 0.15) is 31.0 Å². The zero-order chi connectivity index (χ0) is 23.2. The van der Waals surface area contributed by atoms with E-state index in [1.807, 2.05) is 12.1 Å². The van der Waals surface area contributed by atoms with Crippen LogP contribution in [0.25, 0.3) is 0 Å². The number of nitrogens with zero attached hydrogens (tertiary/aromatic N) is 2. The first kappa shape index (κ1) is 23.8. The molecule has 0 spiro atoms.